The molecule has 1 aromatic heterocycles. The predicted molar refractivity (Wildman–Crippen MR) is 119 cm³/mol. The van der Waals surface area contributed by atoms with E-state index in [-0.39, 0.29) is 13.1 Å². The highest BCUT2D eigenvalue weighted by Crippen LogP contribution is 2.20. The van der Waals surface area contributed by atoms with Crippen molar-refractivity contribution in [2.45, 2.75) is 26.9 Å². The molecule has 0 bridgehead atoms. The minimum Gasteiger partial charge on any atom is -0.487 e. The smallest absolute Gasteiger partial charge is 0.254 e. The van der Waals surface area contributed by atoms with E-state index in [2.05, 4.69) is 10.3 Å². The molecule has 0 saturated carbocycles. The predicted octanol–water partition coefficient (Wildman–Crippen LogP) is 4.94. The summed E-state index contributed by atoms with van der Waals surface area (Å²) in [6.07, 6.45) is 0.576. The van der Waals surface area contributed by atoms with E-state index in [1.165, 1.54) is 16.2 Å². The highest BCUT2D eigenvalue weighted by molar-refractivity contribution is 7.09. The van der Waals surface area contributed by atoms with Crippen LogP contribution in [0.5, 0.6) is 5.75 Å². The van der Waals surface area contributed by atoms with Crippen molar-refractivity contribution in [1.82, 2.24) is 9.88 Å². The van der Waals surface area contributed by atoms with Gasteiger partial charge in [-0.05, 0) is 49.7 Å². The largest absolute Gasteiger partial charge is 0.487 e. The van der Waals surface area contributed by atoms with E-state index in [9.17, 15) is 22.8 Å². The van der Waals surface area contributed by atoms with Crippen LogP contribution >= 0.6 is 11.3 Å². The van der Waals surface area contributed by atoms with Crippen molar-refractivity contribution < 1.29 is 27.5 Å². The van der Waals surface area contributed by atoms with Crippen molar-refractivity contribution in [3.63, 3.8) is 0 Å². The minimum atomic E-state index is -1.68. The number of aromatic nitrogens is 1. The number of benzene rings is 2. The second-order valence-electron chi connectivity index (χ2n) is 7.17. The molecule has 1 heterocycles. The van der Waals surface area contributed by atoms with Gasteiger partial charge in [-0.25, -0.2) is 18.2 Å². The molecule has 174 valence electrons. The number of ether oxygens (including phenoxy) is 1. The van der Waals surface area contributed by atoms with E-state index in [0.717, 1.165) is 16.8 Å². The Hall–Kier alpha value is -3.40. The first-order valence-corrected chi connectivity index (χ1v) is 11.0. The van der Waals surface area contributed by atoms with E-state index in [4.69, 9.17) is 4.74 Å². The van der Waals surface area contributed by atoms with Crippen LogP contribution in [0.4, 0.5) is 18.9 Å². The number of hydrogen-bond acceptors (Lipinski definition) is 5. The highest BCUT2D eigenvalue weighted by Gasteiger charge is 2.20. The molecular weight excluding hydrogens is 455 g/mol. The van der Waals surface area contributed by atoms with Crippen LogP contribution in [0, 0.1) is 24.4 Å². The van der Waals surface area contributed by atoms with Gasteiger partial charge in [-0.3, -0.25) is 9.59 Å². The summed E-state index contributed by atoms with van der Waals surface area (Å²) in [5.74, 6) is -5.12. The Morgan fingerprint density at radius 3 is 2.45 bits per heavy atom. The quantitative estimate of drug-likeness (QED) is 0.443. The Kier molecular flexibility index (Phi) is 8.05. The summed E-state index contributed by atoms with van der Waals surface area (Å²) in [4.78, 5) is 30.9. The molecule has 0 aliphatic heterocycles. The van der Waals surface area contributed by atoms with Crippen LogP contribution in [0.15, 0.2) is 41.8 Å². The van der Waals surface area contributed by atoms with Gasteiger partial charge in [-0.1, -0.05) is 6.92 Å². The van der Waals surface area contributed by atoms with E-state index in [1.54, 1.807) is 24.3 Å². The van der Waals surface area contributed by atoms with Crippen molar-refractivity contribution in [3.05, 3.63) is 75.5 Å². The van der Waals surface area contributed by atoms with Gasteiger partial charge in [-0.15, -0.1) is 11.3 Å². The second-order valence-corrected chi connectivity index (χ2v) is 8.23. The number of anilines is 1. The summed E-state index contributed by atoms with van der Waals surface area (Å²) < 4.78 is 45.9. The summed E-state index contributed by atoms with van der Waals surface area (Å²) >= 11 is 1.53. The number of amides is 2. The Labute approximate surface area is 193 Å². The van der Waals surface area contributed by atoms with Gasteiger partial charge in [0.15, 0.2) is 17.5 Å². The molecule has 0 aliphatic carbocycles. The molecule has 0 aliphatic rings. The van der Waals surface area contributed by atoms with Crippen LogP contribution in [0.25, 0.3) is 0 Å². The average molecular weight is 478 g/mol. The number of rotatable bonds is 9. The van der Waals surface area contributed by atoms with Crippen molar-refractivity contribution in [2.75, 3.05) is 18.4 Å². The maximum absolute atomic E-state index is 13.8. The summed E-state index contributed by atoms with van der Waals surface area (Å²) in [5, 5.41) is 5.03. The van der Waals surface area contributed by atoms with E-state index >= 15 is 0 Å². The second kappa shape index (κ2) is 11.0. The van der Waals surface area contributed by atoms with Gasteiger partial charge < -0.3 is 15.0 Å². The molecule has 3 aromatic rings. The van der Waals surface area contributed by atoms with E-state index in [1.807, 2.05) is 19.2 Å². The molecule has 2 amide bonds. The van der Waals surface area contributed by atoms with Gasteiger partial charge in [0, 0.05) is 17.5 Å². The number of nitrogens with zero attached hydrogens (tertiary/aromatic N) is 2. The first kappa shape index (κ1) is 24.2. The molecule has 0 spiro atoms. The Bertz CT molecular complexity index is 1140. The standard InChI is InChI=1S/C23H22F3N3O3S/c1-3-10-29(11-20(30)28-19-9-8-18(24)21(25)22(19)26)23(31)15-4-6-17(7-5-15)32-12-16-13-33-14(2)27-16/h4-9,13H,3,10-12H2,1-2H3,(H,28,30). The number of thiazole rings is 1. The average Bonchev–Trinajstić information content (AvgIpc) is 3.23. The lowest BCUT2D eigenvalue weighted by Crippen LogP contribution is -2.38. The summed E-state index contributed by atoms with van der Waals surface area (Å²) in [6.45, 7) is 3.94. The summed E-state index contributed by atoms with van der Waals surface area (Å²) in [5.41, 5.74) is 0.655. The molecule has 33 heavy (non-hydrogen) atoms. The number of carbonyl (C=O) groups is 2. The van der Waals surface area contributed by atoms with Gasteiger partial charge in [0.05, 0.1) is 16.4 Å². The van der Waals surface area contributed by atoms with Crippen LogP contribution in [-0.2, 0) is 11.4 Å². The van der Waals surface area contributed by atoms with Gasteiger partial charge in [-0.2, -0.15) is 0 Å². The lowest BCUT2D eigenvalue weighted by molar-refractivity contribution is -0.116. The molecule has 0 fully saturated rings. The minimum absolute atomic E-state index is 0.272. The maximum atomic E-state index is 13.8. The molecule has 0 saturated heterocycles. The number of carbonyl (C=O) groups excluding carboxylic acids is 2. The molecule has 1 N–H and O–H groups in total. The van der Waals surface area contributed by atoms with Crippen LogP contribution in [0.2, 0.25) is 0 Å². The van der Waals surface area contributed by atoms with Crippen molar-refractivity contribution in [2.24, 2.45) is 0 Å². The lowest BCUT2D eigenvalue weighted by atomic mass is 10.2. The van der Waals surface area contributed by atoms with Crippen molar-refractivity contribution in [3.8, 4) is 5.75 Å². The third-order valence-electron chi connectivity index (χ3n) is 4.58. The summed E-state index contributed by atoms with van der Waals surface area (Å²) in [7, 11) is 0. The van der Waals surface area contributed by atoms with Gasteiger partial charge >= 0.3 is 0 Å². The van der Waals surface area contributed by atoms with E-state index in [0.29, 0.717) is 30.4 Å². The fourth-order valence-corrected chi connectivity index (χ4v) is 3.61. The highest BCUT2D eigenvalue weighted by atomic mass is 32.1. The van der Waals surface area contributed by atoms with Crippen LogP contribution in [0.1, 0.15) is 34.4 Å². The van der Waals surface area contributed by atoms with Gasteiger partial charge in [0.2, 0.25) is 5.91 Å². The van der Waals surface area contributed by atoms with Crippen molar-refractivity contribution >= 4 is 28.8 Å². The van der Waals surface area contributed by atoms with Crippen LogP contribution < -0.4 is 10.1 Å². The number of aryl methyl sites for hydroxylation is 1. The first-order chi connectivity index (χ1) is 15.8. The zero-order chi connectivity index (χ0) is 24.0. The third kappa shape index (κ3) is 6.32. The van der Waals surface area contributed by atoms with Crippen LogP contribution in [-0.4, -0.2) is 34.8 Å². The molecule has 0 atom stereocenters. The Morgan fingerprint density at radius 2 is 1.82 bits per heavy atom. The van der Waals surface area contributed by atoms with Crippen LogP contribution in [0.3, 0.4) is 0 Å². The molecule has 3 rings (SSSR count). The molecule has 10 heteroatoms. The van der Waals surface area contributed by atoms with Gasteiger partial charge in [0.1, 0.15) is 18.9 Å². The number of halogens is 3. The Morgan fingerprint density at radius 1 is 1.09 bits per heavy atom. The normalized spacial score (nSPS) is 10.7. The lowest BCUT2D eigenvalue weighted by Gasteiger charge is -2.22. The first-order valence-electron chi connectivity index (χ1n) is 10.1. The fourth-order valence-electron chi connectivity index (χ4n) is 3.02. The molecule has 0 radical (unpaired) electrons. The molecule has 6 nitrogen and oxygen atoms in total. The zero-order valence-electron chi connectivity index (χ0n) is 18.0. The van der Waals surface area contributed by atoms with E-state index < -0.39 is 35.0 Å². The number of hydrogen-bond donors (Lipinski definition) is 1. The number of nitrogens with one attached hydrogen (secondary N) is 1. The maximum Gasteiger partial charge on any atom is 0.254 e. The third-order valence-corrected chi connectivity index (χ3v) is 5.40. The summed E-state index contributed by atoms with van der Waals surface area (Å²) in [6, 6.07) is 8.09. The van der Waals surface area contributed by atoms with Gasteiger partial charge in [0.25, 0.3) is 5.91 Å². The van der Waals surface area contributed by atoms with Crippen molar-refractivity contribution in [1.29, 1.82) is 0 Å². The topological polar surface area (TPSA) is 71.5 Å². The molecule has 0 unspecified atom stereocenters. The molecular formula is C23H22F3N3O3S. The SMILES string of the molecule is CCCN(CC(=O)Nc1ccc(F)c(F)c1F)C(=O)c1ccc(OCc2csc(C)n2)cc1. The monoisotopic (exact) mass is 477 g/mol. The molecule has 2 aromatic carbocycles. The zero-order valence-corrected chi connectivity index (χ0v) is 18.8. The Balaban J connectivity index is 1.63. The fraction of sp³-hybridized carbons (Fsp3) is 0.261.